The molecule has 0 aliphatic rings. The molecule has 0 saturated heterocycles. The van der Waals surface area contributed by atoms with Crippen molar-refractivity contribution in [3.05, 3.63) is 41.7 Å². The average Bonchev–Trinajstić information content (AvgIpc) is 2.28. The standard InChI is InChI=1S/C13H16FNO2/c1-10(8-9-16)15-13(17)7-6-11-4-2-3-5-12(11)14/h2-7,10,16H,8-9H2,1H3,(H,15,17)/b7-6+. The molecule has 2 N–H and O–H groups in total. The number of halogens is 1. The van der Waals surface area contributed by atoms with Crippen molar-refractivity contribution in [2.24, 2.45) is 0 Å². The summed E-state index contributed by atoms with van der Waals surface area (Å²) in [5, 5.41) is 11.3. The molecule has 92 valence electrons. The minimum Gasteiger partial charge on any atom is -0.396 e. The highest BCUT2D eigenvalue weighted by Crippen LogP contribution is 2.07. The third kappa shape index (κ3) is 4.78. The fraction of sp³-hybridized carbons (Fsp3) is 0.308. The van der Waals surface area contributed by atoms with Gasteiger partial charge in [-0.1, -0.05) is 18.2 Å². The van der Waals surface area contributed by atoms with Crippen molar-refractivity contribution in [3.63, 3.8) is 0 Å². The summed E-state index contributed by atoms with van der Waals surface area (Å²) in [7, 11) is 0. The number of carbonyl (C=O) groups is 1. The fourth-order valence-electron chi connectivity index (χ4n) is 1.33. The minimum atomic E-state index is -0.361. The van der Waals surface area contributed by atoms with Gasteiger partial charge >= 0.3 is 0 Å². The summed E-state index contributed by atoms with van der Waals surface area (Å²) in [4.78, 5) is 11.4. The third-order valence-electron chi connectivity index (χ3n) is 2.27. The summed E-state index contributed by atoms with van der Waals surface area (Å²) in [6.45, 7) is 1.82. The second-order valence-electron chi connectivity index (χ2n) is 3.78. The number of nitrogens with one attached hydrogen (secondary N) is 1. The maximum atomic E-state index is 13.2. The zero-order valence-electron chi connectivity index (χ0n) is 9.69. The molecule has 0 aliphatic heterocycles. The lowest BCUT2D eigenvalue weighted by Crippen LogP contribution is -2.31. The molecule has 0 spiro atoms. The van der Waals surface area contributed by atoms with Crippen LogP contribution in [-0.4, -0.2) is 23.7 Å². The van der Waals surface area contributed by atoms with Crippen molar-refractivity contribution in [3.8, 4) is 0 Å². The van der Waals surface area contributed by atoms with Crippen LogP contribution in [0.5, 0.6) is 0 Å². The van der Waals surface area contributed by atoms with Crippen LogP contribution in [-0.2, 0) is 4.79 Å². The van der Waals surface area contributed by atoms with Crippen LogP contribution < -0.4 is 5.32 Å². The van der Waals surface area contributed by atoms with Crippen molar-refractivity contribution in [2.45, 2.75) is 19.4 Å². The highest BCUT2D eigenvalue weighted by molar-refractivity contribution is 5.91. The molecule has 0 aliphatic carbocycles. The highest BCUT2D eigenvalue weighted by atomic mass is 19.1. The first-order valence-corrected chi connectivity index (χ1v) is 5.47. The number of hydrogen-bond acceptors (Lipinski definition) is 2. The molecule has 17 heavy (non-hydrogen) atoms. The van der Waals surface area contributed by atoms with E-state index in [2.05, 4.69) is 5.32 Å². The molecule has 1 atom stereocenters. The Morgan fingerprint density at radius 2 is 2.24 bits per heavy atom. The van der Waals surface area contributed by atoms with Crippen molar-refractivity contribution >= 4 is 12.0 Å². The summed E-state index contributed by atoms with van der Waals surface area (Å²) >= 11 is 0. The number of aliphatic hydroxyl groups is 1. The van der Waals surface area contributed by atoms with Crippen molar-refractivity contribution in [1.82, 2.24) is 5.32 Å². The first-order valence-electron chi connectivity index (χ1n) is 5.47. The van der Waals surface area contributed by atoms with Gasteiger partial charge in [0.25, 0.3) is 0 Å². The first-order chi connectivity index (χ1) is 8.13. The van der Waals surface area contributed by atoms with Crippen LogP contribution in [0.3, 0.4) is 0 Å². The van der Waals surface area contributed by atoms with Crippen molar-refractivity contribution in [1.29, 1.82) is 0 Å². The number of carbonyl (C=O) groups excluding carboxylic acids is 1. The van der Waals surface area contributed by atoms with E-state index in [0.29, 0.717) is 12.0 Å². The largest absolute Gasteiger partial charge is 0.396 e. The molecule has 0 fully saturated rings. The van der Waals surface area contributed by atoms with Gasteiger partial charge in [0.1, 0.15) is 5.82 Å². The van der Waals surface area contributed by atoms with E-state index in [-0.39, 0.29) is 24.4 Å². The van der Waals surface area contributed by atoms with Gasteiger partial charge in [-0.3, -0.25) is 4.79 Å². The molecule has 4 heteroatoms. The Labute approximate surface area is 100.0 Å². The Morgan fingerprint density at radius 1 is 1.53 bits per heavy atom. The topological polar surface area (TPSA) is 49.3 Å². The maximum absolute atomic E-state index is 13.2. The van der Waals surface area contributed by atoms with E-state index in [1.165, 1.54) is 18.2 Å². The Kier molecular flexibility index (Phi) is 5.36. The lowest BCUT2D eigenvalue weighted by molar-refractivity contribution is -0.117. The monoisotopic (exact) mass is 237 g/mol. The van der Waals surface area contributed by atoms with Crippen LogP contribution >= 0.6 is 0 Å². The summed E-state index contributed by atoms with van der Waals surface area (Å²) in [6, 6.07) is 6.13. The molecular weight excluding hydrogens is 221 g/mol. The van der Waals surface area contributed by atoms with Gasteiger partial charge in [-0.15, -0.1) is 0 Å². The predicted molar refractivity (Wildman–Crippen MR) is 64.7 cm³/mol. The van der Waals surface area contributed by atoms with Gasteiger partial charge in [-0.25, -0.2) is 4.39 Å². The van der Waals surface area contributed by atoms with Gasteiger partial charge in [-0.05, 0) is 25.5 Å². The molecule has 1 aromatic rings. The summed E-state index contributed by atoms with van der Waals surface area (Å²) in [5.41, 5.74) is 0.373. The van der Waals surface area contributed by atoms with Crippen LogP contribution in [0.1, 0.15) is 18.9 Å². The Balaban J connectivity index is 2.54. The minimum absolute atomic E-state index is 0.0263. The zero-order valence-corrected chi connectivity index (χ0v) is 9.69. The van der Waals surface area contributed by atoms with Gasteiger partial charge in [0.05, 0.1) is 0 Å². The fourth-order valence-corrected chi connectivity index (χ4v) is 1.33. The van der Waals surface area contributed by atoms with Crippen molar-refractivity contribution < 1.29 is 14.3 Å². The quantitative estimate of drug-likeness (QED) is 0.766. The maximum Gasteiger partial charge on any atom is 0.244 e. The number of rotatable bonds is 5. The first kappa shape index (κ1) is 13.4. The van der Waals surface area contributed by atoms with Gasteiger partial charge in [0.2, 0.25) is 5.91 Å². The van der Waals surface area contributed by atoms with Crippen LogP contribution in [0.15, 0.2) is 30.3 Å². The van der Waals surface area contributed by atoms with Crippen LogP contribution in [0.25, 0.3) is 6.08 Å². The molecule has 3 nitrogen and oxygen atoms in total. The van der Waals surface area contributed by atoms with E-state index in [4.69, 9.17) is 5.11 Å². The second-order valence-corrected chi connectivity index (χ2v) is 3.78. The van der Waals surface area contributed by atoms with E-state index < -0.39 is 0 Å². The van der Waals surface area contributed by atoms with E-state index in [1.807, 2.05) is 0 Å². The predicted octanol–water partition coefficient (Wildman–Crippen LogP) is 1.73. The highest BCUT2D eigenvalue weighted by Gasteiger charge is 2.03. The molecule has 1 aromatic carbocycles. The molecule has 0 saturated carbocycles. The molecule has 1 rings (SSSR count). The van der Waals surface area contributed by atoms with Crippen LogP contribution in [0, 0.1) is 5.82 Å². The van der Waals surface area contributed by atoms with Gasteiger partial charge in [0, 0.05) is 24.3 Å². The number of amides is 1. The van der Waals surface area contributed by atoms with Crippen LogP contribution in [0.2, 0.25) is 0 Å². The lowest BCUT2D eigenvalue weighted by Gasteiger charge is -2.09. The van der Waals surface area contributed by atoms with Crippen molar-refractivity contribution in [2.75, 3.05) is 6.61 Å². The number of aliphatic hydroxyl groups excluding tert-OH is 1. The normalized spacial score (nSPS) is 12.6. The number of hydrogen-bond donors (Lipinski definition) is 2. The van der Waals surface area contributed by atoms with Gasteiger partial charge in [0.15, 0.2) is 0 Å². The zero-order chi connectivity index (χ0) is 12.7. The lowest BCUT2D eigenvalue weighted by atomic mass is 10.2. The summed E-state index contributed by atoms with van der Waals surface area (Å²) in [6.07, 6.45) is 3.21. The average molecular weight is 237 g/mol. The molecule has 0 bridgehead atoms. The van der Waals surface area contributed by atoms with E-state index in [9.17, 15) is 9.18 Å². The molecule has 0 aromatic heterocycles. The van der Waals surface area contributed by atoms with Gasteiger partial charge in [-0.2, -0.15) is 0 Å². The second kappa shape index (κ2) is 6.81. The van der Waals surface area contributed by atoms with Crippen LogP contribution in [0.4, 0.5) is 4.39 Å². The number of benzene rings is 1. The van der Waals surface area contributed by atoms with E-state index >= 15 is 0 Å². The SMILES string of the molecule is CC(CCO)NC(=O)/C=C/c1ccccc1F. The summed E-state index contributed by atoms with van der Waals surface area (Å²) < 4.78 is 13.2. The third-order valence-corrected chi connectivity index (χ3v) is 2.27. The summed E-state index contributed by atoms with van der Waals surface area (Å²) in [5.74, 6) is -0.658. The van der Waals surface area contributed by atoms with E-state index in [1.54, 1.807) is 25.1 Å². The Morgan fingerprint density at radius 3 is 2.88 bits per heavy atom. The molecule has 1 unspecified atom stereocenters. The Hall–Kier alpha value is -1.68. The van der Waals surface area contributed by atoms with E-state index in [0.717, 1.165) is 0 Å². The Bertz CT molecular complexity index is 404. The molecule has 0 radical (unpaired) electrons. The molecule has 0 heterocycles. The van der Waals surface area contributed by atoms with Gasteiger partial charge < -0.3 is 10.4 Å². The molecule has 1 amide bonds. The molecular formula is C13H16FNO2. The smallest absolute Gasteiger partial charge is 0.244 e.